The van der Waals surface area contributed by atoms with Crippen molar-refractivity contribution in [2.75, 3.05) is 5.32 Å². The Morgan fingerprint density at radius 1 is 1.27 bits per heavy atom. The lowest BCUT2D eigenvalue weighted by atomic mass is 9.84. The van der Waals surface area contributed by atoms with Gasteiger partial charge in [0.1, 0.15) is 16.9 Å². The standard InChI is InChI=1S/C15H9ClFN3OS/c16-9-5-7(1-2-10(9)17)8-6-13(21)18-11-3-4-12-15(14(8)11)20-22-19-12/h1-5,8H,6H2,(H,18,21)/t8-/m0/s1. The predicted octanol–water partition coefficient (Wildman–Crippen LogP) is 3.96. The van der Waals surface area contributed by atoms with Crippen molar-refractivity contribution in [3.05, 3.63) is 52.3 Å². The van der Waals surface area contributed by atoms with Gasteiger partial charge in [0.2, 0.25) is 5.91 Å². The molecule has 4 nitrogen and oxygen atoms in total. The number of fused-ring (bicyclic) bond motifs is 3. The number of hydrogen-bond acceptors (Lipinski definition) is 4. The molecule has 0 saturated heterocycles. The maximum atomic E-state index is 13.4. The van der Waals surface area contributed by atoms with Crippen LogP contribution < -0.4 is 5.32 Å². The summed E-state index contributed by atoms with van der Waals surface area (Å²) in [6.45, 7) is 0. The monoisotopic (exact) mass is 333 g/mol. The van der Waals surface area contributed by atoms with E-state index in [-0.39, 0.29) is 23.3 Å². The molecule has 2 aromatic carbocycles. The Kier molecular flexibility index (Phi) is 3.09. The van der Waals surface area contributed by atoms with Crippen LogP contribution in [0.15, 0.2) is 30.3 Å². The molecule has 1 amide bonds. The first-order valence-electron chi connectivity index (χ1n) is 6.63. The van der Waals surface area contributed by atoms with E-state index in [2.05, 4.69) is 14.1 Å². The van der Waals surface area contributed by atoms with E-state index in [0.717, 1.165) is 39.6 Å². The van der Waals surface area contributed by atoms with Gasteiger partial charge in [-0.25, -0.2) is 4.39 Å². The molecule has 1 atom stereocenters. The lowest BCUT2D eigenvalue weighted by molar-refractivity contribution is -0.116. The van der Waals surface area contributed by atoms with E-state index in [1.807, 2.05) is 12.1 Å². The van der Waals surface area contributed by atoms with E-state index >= 15 is 0 Å². The Bertz CT molecular complexity index is 911. The average Bonchev–Trinajstić information content (AvgIpc) is 2.97. The summed E-state index contributed by atoms with van der Waals surface area (Å²) >= 11 is 7.02. The number of carbonyl (C=O) groups is 1. The Morgan fingerprint density at radius 2 is 2.14 bits per heavy atom. The van der Waals surface area contributed by atoms with E-state index in [9.17, 15) is 9.18 Å². The van der Waals surface area contributed by atoms with Gasteiger partial charge in [0.05, 0.1) is 16.8 Å². The molecule has 0 unspecified atom stereocenters. The number of anilines is 1. The molecule has 22 heavy (non-hydrogen) atoms. The summed E-state index contributed by atoms with van der Waals surface area (Å²) < 4.78 is 22.0. The van der Waals surface area contributed by atoms with Gasteiger partial charge in [-0.2, -0.15) is 8.75 Å². The van der Waals surface area contributed by atoms with E-state index in [1.54, 1.807) is 12.1 Å². The highest BCUT2D eigenvalue weighted by Gasteiger charge is 2.30. The van der Waals surface area contributed by atoms with Gasteiger partial charge in [0.25, 0.3) is 0 Å². The molecular formula is C15H9ClFN3OS. The largest absolute Gasteiger partial charge is 0.326 e. The van der Waals surface area contributed by atoms with Crippen LogP contribution in [-0.4, -0.2) is 14.7 Å². The van der Waals surface area contributed by atoms with Crippen LogP contribution >= 0.6 is 23.3 Å². The molecule has 0 spiro atoms. The summed E-state index contributed by atoms with van der Waals surface area (Å²) in [5, 5.41) is 2.91. The Labute approximate surface area is 134 Å². The second-order valence-corrected chi connectivity index (χ2v) is 6.07. The third kappa shape index (κ3) is 2.07. The lowest BCUT2D eigenvalue weighted by Gasteiger charge is -2.26. The Balaban J connectivity index is 1.95. The van der Waals surface area contributed by atoms with Crippen molar-refractivity contribution in [3.8, 4) is 0 Å². The first kappa shape index (κ1) is 13.6. The highest BCUT2D eigenvalue weighted by atomic mass is 35.5. The fourth-order valence-electron chi connectivity index (χ4n) is 2.84. The quantitative estimate of drug-likeness (QED) is 0.733. The number of rotatable bonds is 1. The van der Waals surface area contributed by atoms with Crippen LogP contribution in [0.25, 0.3) is 11.0 Å². The maximum Gasteiger partial charge on any atom is 0.225 e. The van der Waals surface area contributed by atoms with Gasteiger partial charge in [0.15, 0.2) is 0 Å². The first-order chi connectivity index (χ1) is 10.6. The minimum Gasteiger partial charge on any atom is -0.326 e. The van der Waals surface area contributed by atoms with Crippen LogP contribution in [0.5, 0.6) is 0 Å². The summed E-state index contributed by atoms with van der Waals surface area (Å²) in [5.41, 5.74) is 3.99. The normalized spacial score (nSPS) is 17.4. The van der Waals surface area contributed by atoms with E-state index < -0.39 is 5.82 Å². The van der Waals surface area contributed by atoms with Gasteiger partial charge in [-0.3, -0.25) is 4.79 Å². The molecular weight excluding hydrogens is 325 g/mol. The first-order valence-corrected chi connectivity index (χ1v) is 7.74. The molecule has 0 radical (unpaired) electrons. The van der Waals surface area contributed by atoms with Gasteiger partial charge in [-0.05, 0) is 29.8 Å². The zero-order valence-corrected chi connectivity index (χ0v) is 12.7. The van der Waals surface area contributed by atoms with Gasteiger partial charge in [0, 0.05) is 23.6 Å². The lowest BCUT2D eigenvalue weighted by Crippen LogP contribution is -2.23. The van der Waals surface area contributed by atoms with Gasteiger partial charge >= 0.3 is 0 Å². The van der Waals surface area contributed by atoms with Gasteiger partial charge in [-0.1, -0.05) is 17.7 Å². The van der Waals surface area contributed by atoms with Crippen LogP contribution in [0.4, 0.5) is 10.1 Å². The highest BCUT2D eigenvalue weighted by Crippen LogP contribution is 2.41. The van der Waals surface area contributed by atoms with Crippen LogP contribution in [0.3, 0.4) is 0 Å². The summed E-state index contributed by atoms with van der Waals surface area (Å²) in [7, 11) is 0. The summed E-state index contributed by atoms with van der Waals surface area (Å²) in [5.74, 6) is -0.769. The van der Waals surface area contributed by atoms with Crippen LogP contribution in [0.1, 0.15) is 23.5 Å². The van der Waals surface area contributed by atoms with Crippen LogP contribution in [0.2, 0.25) is 5.02 Å². The second kappa shape index (κ2) is 5.00. The minimum absolute atomic E-state index is 0.0496. The maximum absolute atomic E-state index is 13.4. The van der Waals surface area contributed by atoms with Gasteiger partial charge < -0.3 is 5.32 Å². The topological polar surface area (TPSA) is 54.9 Å². The number of halogens is 2. The van der Waals surface area contributed by atoms with E-state index in [0.29, 0.717) is 0 Å². The van der Waals surface area contributed by atoms with Gasteiger partial charge in [-0.15, -0.1) is 0 Å². The highest BCUT2D eigenvalue weighted by molar-refractivity contribution is 7.00. The third-order valence-corrected chi connectivity index (χ3v) is 4.66. The van der Waals surface area contributed by atoms with Crippen LogP contribution in [0, 0.1) is 5.82 Å². The number of hydrogen-bond donors (Lipinski definition) is 1. The molecule has 110 valence electrons. The van der Waals surface area contributed by atoms with Crippen molar-refractivity contribution in [3.63, 3.8) is 0 Å². The van der Waals surface area contributed by atoms with Crippen molar-refractivity contribution in [1.82, 2.24) is 8.75 Å². The molecule has 2 heterocycles. The molecule has 1 aliphatic heterocycles. The fraction of sp³-hybridized carbons (Fsp3) is 0.133. The molecule has 1 N–H and O–H groups in total. The van der Waals surface area contributed by atoms with Crippen molar-refractivity contribution < 1.29 is 9.18 Å². The number of aromatic nitrogens is 2. The summed E-state index contributed by atoms with van der Waals surface area (Å²) in [6.07, 6.45) is 0.269. The predicted molar refractivity (Wildman–Crippen MR) is 83.9 cm³/mol. The zero-order chi connectivity index (χ0) is 15.3. The number of benzene rings is 2. The van der Waals surface area contributed by atoms with Crippen molar-refractivity contribution >= 4 is 46.0 Å². The Hall–Kier alpha value is -2.05. The van der Waals surface area contributed by atoms with Crippen molar-refractivity contribution in [2.45, 2.75) is 12.3 Å². The molecule has 1 aliphatic rings. The number of amides is 1. The number of carbonyl (C=O) groups excluding carboxylic acids is 1. The summed E-state index contributed by atoms with van der Waals surface area (Å²) in [6, 6.07) is 8.21. The average molecular weight is 334 g/mol. The molecule has 0 saturated carbocycles. The molecule has 1 aromatic heterocycles. The Morgan fingerprint density at radius 3 is 2.95 bits per heavy atom. The molecule has 0 aliphatic carbocycles. The summed E-state index contributed by atoms with van der Waals surface area (Å²) in [4.78, 5) is 12.0. The number of nitrogens with zero attached hydrogens (tertiary/aromatic N) is 2. The number of nitrogens with one attached hydrogen (secondary N) is 1. The third-order valence-electron chi connectivity index (χ3n) is 3.83. The minimum atomic E-state index is -0.473. The smallest absolute Gasteiger partial charge is 0.225 e. The van der Waals surface area contributed by atoms with Crippen molar-refractivity contribution in [2.24, 2.45) is 0 Å². The molecule has 3 aromatic rings. The van der Waals surface area contributed by atoms with E-state index in [4.69, 9.17) is 11.6 Å². The zero-order valence-electron chi connectivity index (χ0n) is 11.1. The SMILES string of the molecule is O=C1C[C@@H](c2ccc(F)c(Cl)c2)c2c(ccc3nsnc23)N1. The molecule has 7 heteroatoms. The fourth-order valence-corrected chi connectivity index (χ4v) is 3.57. The van der Waals surface area contributed by atoms with Crippen LogP contribution in [-0.2, 0) is 4.79 Å². The van der Waals surface area contributed by atoms with Crippen molar-refractivity contribution in [1.29, 1.82) is 0 Å². The second-order valence-electron chi connectivity index (χ2n) is 5.14. The molecule has 0 fully saturated rings. The molecule has 0 bridgehead atoms. The van der Waals surface area contributed by atoms with E-state index in [1.165, 1.54) is 6.07 Å². The molecule has 4 rings (SSSR count).